The highest BCUT2D eigenvalue weighted by Crippen LogP contribution is 2.37. The van der Waals surface area contributed by atoms with E-state index in [4.69, 9.17) is 0 Å². The van der Waals surface area contributed by atoms with Gasteiger partial charge in [-0.3, -0.25) is 4.79 Å². The van der Waals surface area contributed by atoms with Crippen LogP contribution in [0.4, 0.5) is 5.69 Å². The van der Waals surface area contributed by atoms with Crippen molar-refractivity contribution in [1.82, 2.24) is 0 Å². The molecular formula is C16H21NO2. The molecule has 1 aromatic rings. The molecule has 3 nitrogen and oxygen atoms in total. The molecule has 1 heterocycles. The van der Waals surface area contributed by atoms with Gasteiger partial charge < -0.3 is 10.0 Å². The smallest absolute Gasteiger partial charge is 0.230 e. The van der Waals surface area contributed by atoms with Crippen LogP contribution in [0.5, 0.6) is 0 Å². The summed E-state index contributed by atoms with van der Waals surface area (Å²) in [6, 6.07) is 6.01. The van der Waals surface area contributed by atoms with Crippen LogP contribution < -0.4 is 4.90 Å². The molecule has 1 aliphatic carbocycles. The molecule has 1 aromatic carbocycles. The lowest BCUT2D eigenvalue weighted by molar-refractivity contribution is -0.122. The normalized spacial score (nSPS) is 23.5. The van der Waals surface area contributed by atoms with Gasteiger partial charge in [-0.25, -0.2) is 0 Å². The third kappa shape index (κ3) is 2.27. The van der Waals surface area contributed by atoms with Crippen molar-refractivity contribution in [3.8, 4) is 0 Å². The van der Waals surface area contributed by atoms with Crippen LogP contribution in [0.1, 0.15) is 49.3 Å². The van der Waals surface area contributed by atoms with E-state index in [9.17, 15) is 9.90 Å². The van der Waals surface area contributed by atoms with Crippen molar-refractivity contribution in [1.29, 1.82) is 0 Å². The Hall–Kier alpha value is -1.35. The largest absolute Gasteiger partial charge is 0.388 e. The van der Waals surface area contributed by atoms with E-state index in [0.29, 0.717) is 13.0 Å². The van der Waals surface area contributed by atoms with Gasteiger partial charge in [0.05, 0.1) is 6.10 Å². The first-order chi connectivity index (χ1) is 9.16. The van der Waals surface area contributed by atoms with Gasteiger partial charge in [0, 0.05) is 23.7 Å². The first-order valence-corrected chi connectivity index (χ1v) is 7.27. The number of rotatable bonds is 1. The average molecular weight is 259 g/mol. The molecular weight excluding hydrogens is 238 g/mol. The van der Waals surface area contributed by atoms with Crippen molar-refractivity contribution in [2.45, 2.75) is 45.1 Å². The lowest BCUT2D eigenvalue weighted by Crippen LogP contribution is -2.40. The number of benzene rings is 1. The second-order valence-corrected chi connectivity index (χ2v) is 5.84. The number of anilines is 1. The molecule has 1 amide bonds. The van der Waals surface area contributed by atoms with Crippen molar-refractivity contribution < 1.29 is 9.90 Å². The number of aliphatic hydroxyl groups excluding tert-OH is 1. The van der Waals surface area contributed by atoms with Gasteiger partial charge in [-0.05, 0) is 32.3 Å². The van der Waals surface area contributed by atoms with E-state index < -0.39 is 6.10 Å². The standard InChI is InChI=1S/C16H21NO2/c1-11-6-7-14-13(10-11)15(18)8-9-17(14)16(19)12-4-2-3-5-12/h6-7,10,12,15,18H,2-5,8-9H2,1H3. The zero-order valence-electron chi connectivity index (χ0n) is 11.4. The average Bonchev–Trinajstić information content (AvgIpc) is 2.93. The molecule has 3 rings (SSSR count). The molecule has 0 aromatic heterocycles. The van der Waals surface area contributed by atoms with E-state index >= 15 is 0 Å². The van der Waals surface area contributed by atoms with Gasteiger partial charge in [0.15, 0.2) is 0 Å². The van der Waals surface area contributed by atoms with Crippen molar-refractivity contribution >= 4 is 11.6 Å². The van der Waals surface area contributed by atoms with E-state index in [0.717, 1.165) is 29.7 Å². The Balaban J connectivity index is 1.92. The van der Waals surface area contributed by atoms with Crippen molar-refractivity contribution in [3.05, 3.63) is 29.3 Å². The number of aliphatic hydroxyl groups is 1. The Kier molecular flexibility index (Phi) is 3.31. The lowest BCUT2D eigenvalue weighted by atomic mass is 9.95. The minimum atomic E-state index is -0.428. The van der Waals surface area contributed by atoms with Gasteiger partial charge >= 0.3 is 0 Å². The minimum absolute atomic E-state index is 0.199. The first kappa shape index (κ1) is 12.7. The monoisotopic (exact) mass is 259 g/mol. The predicted molar refractivity (Wildman–Crippen MR) is 75.1 cm³/mol. The molecule has 1 unspecified atom stereocenters. The number of hydrogen-bond acceptors (Lipinski definition) is 2. The molecule has 2 aliphatic rings. The molecule has 3 heteroatoms. The fraction of sp³-hybridized carbons (Fsp3) is 0.562. The van der Waals surface area contributed by atoms with Crippen LogP contribution in [0, 0.1) is 12.8 Å². The Labute approximate surface area is 114 Å². The van der Waals surface area contributed by atoms with Crippen LogP contribution in [0.3, 0.4) is 0 Å². The number of nitrogens with zero attached hydrogens (tertiary/aromatic N) is 1. The Morgan fingerprint density at radius 3 is 2.74 bits per heavy atom. The van der Waals surface area contributed by atoms with E-state index in [-0.39, 0.29) is 11.8 Å². The van der Waals surface area contributed by atoms with E-state index in [1.165, 1.54) is 12.8 Å². The van der Waals surface area contributed by atoms with Gasteiger partial charge in [0.1, 0.15) is 0 Å². The summed E-state index contributed by atoms with van der Waals surface area (Å²) in [6.07, 6.45) is 4.62. The molecule has 0 spiro atoms. The minimum Gasteiger partial charge on any atom is -0.388 e. The van der Waals surface area contributed by atoms with E-state index in [1.807, 2.05) is 30.0 Å². The fourth-order valence-corrected chi connectivity index (χ4v) is 3.34. The summed E-state index contributed by atoms with van der Waals surface area (Å²) in [5.41, 5.74) is 2.96. The quantitative estimate of drug-likeness (QED) is 0.842. The second-order valence-electron chi connectivity index (χ2n) is 5.84. The highest BCUT2D eigenvalue weighted by atomic mass is 16.3. The van der Waals surface area contributed by atoms with Crippen molar-refractivity contribution in [2.24, 2.45) is 5.92 Å². The summed E-state index contributed by atoms with van der Waals surface area (Å²) in [5.74, 6) is 0.457. The second kappa shape index (κ2) is 4.97. The SMILES string of the molecule is Cc1ccc2c(c1)C(O)CCN2C(=O)C1CCCC1. The zero-order valence-corrected chi connectivity index (χ0v) is 11.4. The summed E-state index contributed by atoms with van der Waals surface area (Å²) in [7, 11) is 0. The van der Waals surface area contributed by atoms with Crippen LogP contribution in [0.15, 0.2) is 18.2 Å². The predicted octanol–water partition coefficient (Wildman–Crippen LogP) is 2.96. The number of carbonyl (C=O) groups excluding carboxylic acids is 1. The Morgan fingerprint density at radius 2 is 2.00 bits per heavy atom. The summed E-state index contributed by atoms with van der Waals surface area (Å²) < 4.78 is 0. The van der Waals surface area contributed by atoms with E-state index in [2.05, 4.69) is 0 Å². The zero-order chi connectivity index (χ0) is 13.4. The maximum atomic E-state index is 12.6. The van der Waals surface area contributed by atoms with E-state index in [1.54, 1.807) is 0 Å². The number of fused-ring (bicyclic) bond motifs is 1. The van der Waals surface area contributed by atoms with Gasteiger partial charge in [-0.15, -0.1) is 0 Å². The molecule has 1 saturated carbocycles. The highest BCUT2D eigenvalue weighted by molar-refractivity contribution is 5.96. The van der Waals surface area contributed by atoms with Gasteiger partial charge in [-0.1, -0.05) is 30.5 Å². The molecule has 1 fully saturated rings. The number of amides is 1. The van der Waals surface area contributed by atoms with Crippen LogP contribution in [-0.4, -0.2) is 17.6 Å². The number of hydrogen-bond donors (Lipinski definition) is 1. The fourth-order valence-electron chi connectivity index (χ4n) is 3.34. The molecule has 102 valence electrons. The third-order valence-electron chi connectivity index (χ3n) is 4.43. The molecule has 0 saturated heterocycles. The van der Waals surface area contributed by atoms with Crippen molar-refractivity contribution in [3.63, 3.8) is 0 Å². The highest BCUT2D eigenvalue weighted by Gasteiger charge is 2.32. The molecule has 0 bridgehead atoms. The van der Waals surface area contributed by atoms with Gasteiger partial charge in [0.25, 0.3) is 0 Å². The van der Waals surface area contributed by atoms with Crippen LogP contribution in [0.2, 0.25) is 0 Å². The molecule has 19 heavy (non-hydrogen) atoms. The summed E-state index contributed by atoms with van der Waals surface area (Å²) >= 11 is 0. The first-order valence-electron chi connectivity index (χ1n) is 7.27. The van der Waals surface area contributed by atoms with Crippen LogP contribution >= 0.6 is 0 Å². The van der Waals surface area contributed by atoms with Crippen LogP contribution in [-0.2, 0) is 4.79 Å². The topological polar surface area (TPSA) is 40.5 Å². The lowest BCUT2D eigenvalue weighted by Gasteiger charge is -2.34. The third-order valence-corrected chi connectivity index (χ3v) is 4.43. The van der Waals surface area contributed by atoms with Gasteiger partial charge in [0.2, 0.25) is 5.91 Å². The molecule has 1 atom stereocenters. The Morgan fingerprint density at radius 1 is 1.26 bits per heavy atom. The summed E-state index contributed by atoms with van der Waals surface area (Å²) in [5, 5.41) is 10.1. The maximum absolute atomic E-state index is 12.6. The number of carbonyl (C=O) groups is 1. The van der Waals surface area contributed by atoms with Crippen molar-refractivity contribution in [2.75, 3.05) is 11.4 Å². The molecule has 0 radical (unpaired) electrons. The number of aryl methyl sites for hydroxylation is 1. The van der Waals surface area contributed by atoms with Crippen LogP contribution in [0.25, 0.3) is 0 Å². The molecule has 1 N–H and O–H groups in total. The molecule has 1 aliphatic heterocycles. The Bertz CT molecular complexity index is 492. The summed E-state index contributed by atoms with van der Waals surface area (Å²) in [6.45, 7) is 2.66. The van der Waals surface area contributed by atoms with Gasteiger partial charge in [-0.2, -0.15) is 0 Å². The summed E-state index contributed by atoms with van der Waals surface area (Å²) in [4.78, 5) is 14.5. The maximum Gasteiger partial charge on any atom is 0.230 e.